The molecule has 0 bridgehead atoms. The quantitative estimate of drug-likeness (QED) is 0.850. The van der Waals surface area contributed by atoms with Crippen molar-refractivity contribution in [3.8, 4) is 22.9 Å². The third-order valence-electron chi connectivity index (χ3n) is 3.49. The van der Waals surface area contributed by atoms with E-state index in [-0.39, 0.29) is 0 Å². The minimum atomic E-state index is 0.477. The van der Waals surface area contributed by atoms with E-state index in [4.69, 9.17) is 33.3 Å². The molecule has 0 radical (unpaired) electrons. The van der Waals surface area contributed by atoms with E-state index in [1.807, 2.05) is 12.1 Å². The summed E-state index contributed by atoms with van der Waals surface area (Å²) in [6, 6.07) is 5.57. The van der Waals surface area contributed by atoms with E-state index >= 15 is 0 Å². The van der Waals surface area contributed by atoms with Crippen LogP contribution in [0.5, 0.6) is 11.5 Å². The molecule has 0 aliphatic heterocycles. The molecule has 21 heavy (non-hydrogen) atoms. The van der Waals surface area contributed by atoms with Gasteiger partial charge in [-0.1, -0.05) is 23.8 Å². The fourth-order valence-corrected chi connectivity index (χ4v) is 2.79. The smallest absolute Gasteiger partial charge is 0.179 e. The van der Waals surface area contributed by atoms with E-state index in [1.54, 1.807) is 20.3 Å². The van der Waals surface area contributed by atoms with Crippen LogP contribution in [-0.4, -0.2) is 24.2 Å². The summed E-state index contributed by atoms with van der Waals surface area (Å²) in [7, 11) is 3.14. The average molecular weight is 323 g/mol. The van der Waals surface area contributed by atoms with E-state index in [0.29, 0.717) is 32.9 Å². The molecule has 0 atom stereocenters. The first kappa shape index (κ1) is 14.4. The molecule has 1 aliphatic rings. The lowest BCUT2D eigenvalue weighted by Gasteiger charge is -2.12. The van der Waals surface area contributed by atoms with Gasteiger partial charge in [0.1, 0.15) is 10.5 Å². The van der Waals surface area contributed by atoms with Crippen molar-refractivity contribution >= 4 is 23.8 Å². The summed E-state index contributed by atoms with van der Waals surface area (Å²) in [5.41, 5.74) is 1.96. The number of halogens is 1. The fraction of sp³-hybridized carbons (Fsp3) is 0.333. The Balaban J connectivity index is 2.12. The number of nitrogens with one attached hydrogen (secondary N) is 1. The van der Waals surface area contributed by atoms with Crippen molar-refractivity contribution in [2.45, 2.75) is 18.8 Å². The van der Waals surface area contributed by atoms with Crippen LogP contribution in [0, 0.1) is 4.64 Å². The number of rotatable bonds is 4. The summed E-state index contributed by atoms with van der Waals surface area (Å²) in [5, 5.41) is 0.477. The van der Waals surface area contributed by atoms with Crippen LogP contribution in [-0.2, 0) is 0 Å². The first-order valence-electron chi connectivity index (χ1n) is 6.65. The standard InChI is InChI=1S/C15H15ClN2O2S/c1-19-12-6-9(5-10(16)14(12)20-2)15-17-11(8-3-4-8)7-13(21)18-15/h5-8H,3-4H2,1-2H3,(H,17,18,21). The molecule has 1 heterocycles. The Bertz CT molecular complexity index is 741. The highest BCUT2D eigenvalue weighted by molar-refractivity contribution is 7.71. The van der Waals surface area contributed by atoms with Crippen molar-refractivity contribution in [3.63, 3.8) is 0 Å². The van der Waals surface area contributed by atoms with Crippen LogP contribution < -0.4 is 9.47 Å². The summed E-state index contributed by atoms with van der Waals surface area (Å²) in [4.78, 5) is 7.74. The van der Waals surface area contributed by atoms with Gasteiger partial charge in [-0.15, -0.1) is 0 Å². The Hall–Kier alpha value is -1.59. The van der Waals surface area contributed by atoms with Crippen LogP contribution in [0.4, 0.5) is 0 Å². The van der Waals surface area contributed by atoms with E-state index in [2.05, 4.69) is 9.97 Å². The average Bonchev–Trinajstić information content (AvgIpc) is 3.30. The molecule has 1 saturated carbocycles. The molecule has 1 aromatic carbocycles. The maximum atomic E-state index is 6.25. The van der Waals surface area contributed by atoms with Gasteiger partial charge in [-0.3, -0.25) is 0 Å². The molecule has 0 saturated heterocycles. The van der Waals surface area contributed by atoms with Crippen LogP contribution in [0.25, 0.3) is 11.4 Å². The molecule has 0 spiro atoms. The summed E-state index contributed by atoms with van der Waals surface area (Å²) < 4.78 is 11.1. The molecule has 110 valence electrons. The predicted molar refractivity (Wildman–Crippen MR) is 84.9 cm³/mol. The maximum absolute atomic E-state index is 6.25. The molecule has 1 aromatic heterocycles. The van der Waals surface area contributed by atoms with Crippen molar-refractivity contribution in [3.05, 3.63) is 33.6 Å². The maximum Gasteiger partial charge on any atom is 0.179 e. The molecule has 1 N–H and O–H groups in total. The number of hydrogen-bond donors (Lipinski definition) is 1. The van der Waals surface area contributed by atoms with Crippen LogP contribution in [0.15, 0.2) is 18.2 Å². The molecular weight excluding hydrogens is 308 g/mol. The highest BCUT2D eigenvalue weighted by Gasteiger charge is 2.25. The molecule has 6 heteroatoms. The van der Waals surface area contributed by atoms with Gasteiger partial charge in [-0.05, 0) is 37.0 Å². The summed E-state index contributed by atoms with van der Waals surface area (Å²) in [5.74, 6) is 2.36. The van der Waals surface area contributed by atoms with Crippen molar-refractivity contribution < 1.29 is 9.47 Å². The van der Waals surface area contributed by atoms with E-state index < -0.39 is 0 Å². The second-order valence-electron chi connectivity index (χ2n) is 4.99. The number of methoxy groups -OCH3 is 2. The predicted octanol–water partition coefficient (Wildman–Crippen LogP) is 4.35. The molecular formula is C15H15ClN2O2S. The summed E-state index contributed by atoms with van der Waals surface area (Å²) in [6.45, 7) is 0. The van der Waals surface area contributed by atoms with Gasteiger partial charge in [-0.2, -0.15) is 0 Å². The van der Waals surface area contributed by atoms with Crippen LogP contribution in [0.1, 0.15) is 24.5 Å². The largest absolute Gasteiger partial charge is 0.493 e. The number of nitrogens with zero attached hydrogens (tertiary/aromatic N) is 1. The van der Waals surface area contributed by atoms with E-state index in [0.717, 1.165) is 11.3 Å². The highest BCUT2D eigenvalue weighted by Crippen LogP contribution is 2.41. The Morgan fingerprint density at radius 2 is 2.00 bits per heavy atom. The minimum absolute atomic E-state index is 0.477. The van der Waals surface area contributed by atoms with Crippen molar-refractivity contribution in [1.29, 1.82) is 0 Å². The van der Waals surface area contributed by atoms with Gasteiger partial charge < -0.3 is 14.5 Å². The van der Waals surface area contributed by atoms with Gasteiger partial charge in [0.2, 0.25) is 0 Å². The minimum Gasteiger partial charge on any atom is -0.493 e. The number of ether oxygens (including phenoxy) is 2. The third kappa shape index (κ3) is 2.89. The van der Waals surface area contributed by atoms with Gasteiger partial charge in [-0.25, -0.2) is 4.98 Å². The van der Waals surface area contributed by atoms with Crippen molar-refractivity contribution in [2.24, 2.45) is 0 Å². The first-order valence-corrected chi connectivity index (χ1v) is 7.44. The lowest BCUT2D eigenvalue weighted by atomic mass is 10.1. The zero-order chi connectivity index (χ0) is 15.0. The van der Waals surface area contributed by atoms with E-state index in [1.165, 1.54) is 12.8 Å². The summed E-state index contributed by atoms with van der Waals surface area (Å²) in [6.07, 6.45) is 2.39. The third-order valence-corrected chi connectivity index (χ3v) is 3.98. The Labute approximate surface area is 133 Å². The van der Waals surface area contributed by atoms with Gasteiger partial charge >= 0.3 is 0 Å². The SMILES string of the molecule is COc1cc(-c2nc(=S)cc(C3CC3)[nH]2)cc(Cl)c1OC. The molecule has 4 nitrogen and oxygen atoms in total. The second kappa shape index (κ2) is 5.66. The van der Waals surface area contributed by atoms with Gasteiger partial charge in [0.25, 0.3) is 0 Å². The van der Waals surface area contributed by atoms with Crippen LogP contribution >= 0.6 is 23.8 Å². The molecule has 2 aromatic rings. The molecule has 1 aliphatic carbocycles. The van der Waals surface area contributed by atoms with Crippen molar-refractivity contribution in [2.75, 3.05) is 14.2 Å². The number of hydrogen-bond acceptors (Lipinski definition) is 4. The molecule has 0 amide bonds. The second-order valence-corrected chi connectivity index (χ2v) is 5.82. The Morgan fingerprint density at radius 3 is 2.62 bits per heavy atom. The zero-order valence-electron chi connectivity index (χ0n) is 11.8. The van der Waals surface area contributed by atoms with Crippen LogP contribution in [0.3, 0.4) is 0 Å². The Morgan fingerprint density at radius 1 is 1.24 bits per heavy atom. The molecule has 1 fully saturated rings. The normalized spacial score (nSPS) is 14.0. The monoisotopic (exact) mass is 322 g/mol. The van der Waals surface area contributed by atoms with E-state index in [9.17, 15) is 0 Å². The lowest BCUT2D eigenvalue weighted by molar-refractivity contribution is 0.355. The van der Waals surface area contributed by atoms with Gasteiger partial charge in [0.05, 0.1) is 19.2 Å². The molecule has 3 rings (SSSR count). The number of H-pyrrole nitrogens is 1. The lowest BCUT2D eigenvalue weighted by Crippen LogP contribution is -1.97. The molecule has 0 unspecified atom stereocenters. The number of aromatic amines is 1. The van der Waals surface area contributed by atoms with Crippen LogP contribution in [0.2, 0.25) is 5.02 Å². The number of aromatic nitrogens is 2. The first-order chi connectivity index (χ1) is 10.1. The highest BCUT2D eigenvalue weighted by atomic mass is 35.5. The topological polar surface area (TPSA) is 47.1 Å². The zero-order valence-corrected chi connectivity index (χ0v) is 13.3. The summed E-state index contributed by atoms with van der Waals surface area (Å²) >= 11 is 11.5. The van der Waals surface area contributed by atoms with Gasteiger partial charge in [0, 0.05) is 11.3 Å². The Kier molecular flexibility index (Phi) is 3.87. The fourth-order valence-electron chi connectivity index (χ4n) is 2.28. The number of benzene rings is 1. The van der Waals surface area contributed by atoms with Crippen molar-refractivity contribution in [1.82, 2.24) is 9.97 Å². The van der Waals surface area contributed by atoms with Gasteiger partial charge in [0.15, 0.2) is 11.5 Å².